The number of hydrogen-bond acceptors (Lipinski definition) is 4. The van der Waals surface area contributed by atoms with Crippen molar-refractivity contribution in [3.05, 3.63) is 57.3 Å². The second-order valence-corrected chi connectivity index (χ2v) is 7.70. The number of anilines is 1. The number of hydrogen-bond donors (Lipinski definition) is 1. The average molecular weight is 446 g/mol. The van der Waals surface area contributed by atoms with Gasteiger partial charge in [-0.3, -0.25) is 4.72 Å². The van der Waals surface area contributed by atoms with Crippen molar-refractivity contribution in [3.8, 4) is 0 Å². The topological polar surface area (TPSA) is 72.0 Å². The van der Waals surface area contributed by atoms with Gasteiger partial charge in [0, 0.05) is 3.57 Å². The minimum absolute atomic E-state index is 0.00721. The van der Waals surface area contributed by atoms with Gasteiger partial charge in [-0.15, -0.1) is 0 Å². The van der Waals surface area contributed by atoms with Gasteiger partial charge in [0.2, 0.25) is 0 Å². The number of rotatable bonds is 3. The van der Waals surface area contributed by atoms with Crippen LogP contribution in [0.25, 0.3) is 11.0 Å². The molecule has 5 nitrogen and oxygen atoms in total. The summed E-state index contributed by atoms with van der Waals surface area (Å²) in [6.07, 6.45) is 0. The van der Waals surface area contributed by atoms with Crippen LogP contribution in [0.3, 0.4) is 0 Å². The van der Waals surface area contributed by atoms with Crippen molar-refractivity contribution in [1.82, 2.24) is 9.97 Å². The average Bonchev–Trinajstić information content (AvgIpc) is 2.48. The standard InChI is InChI=1S/C14H9ClIN3O2S/c15-13-14(18-12-4-2-1-3-11(12)17-13)19-22(20,21)10-7-5-9(16)6-8-10/h1-8H,(H,18,19). The zero-order valence-electron chi connectivity index (χ0n) is 11.0. The second-order valence-electron chi connectivity index (χ2n) is 4.41. The molecular weight excluding hydrogens is 437 g/mol. The van der Waals surface area contributed by atoms with Crippen LogP contribution < -0.4 is 4.72 Å². The van der Waals surface area contributed by atoms with Crippen LogP contribution in [0.15, 0.2) is 53.4 Å². The maximum atomic E-state index is 12.4. The number of halogens is 2. The maximum absolute atomic E-state index is 12.4. The summed E-state index contributed by atoms with van der Waals surface area (Å²) in [6, 6.07) is 13.6. The van der Waals surface area contributed by atoms with Gasteiger partial charge in [0.25, 0.3) is 10.0 Å². The molecule has 1 N–H and O–H groups in total. The summed E-state index contributed by atoms with van der Waals surface area (Å²) >= 11 is 8.12. The van der Waals surface area contributed by atoms with Crippen molar-refractivity contribution in [3.63, 3.8) is 0 Å². The number of benzene rings is 2. The fourth-order valence-electron chi connectivity index (χ4n) is 1.84. The third-order valence-electron chi connectivity index (χ3n) is 2.88. The first-order valence-electron chi connectivity index (χ1n) is 6.16. The summed E-state index contributed by atoms with van der Waals surface area (Å²) < 4.78 is 28.0. The van der Waals surface area contributed by atoms with E-state index in [1.54, 1.807) is 30.3 Å². The summed E-state index contributed by atoms with van der Waals surface area (Å²) in [5, 5.41) is 0.00721. The summed E-state index contributed by atoms with van der Waals surface area (Å²) in [7, 11) is -3.76. The molecule has 0 amide bonds. The number of fused-ring (bicyclic) bond motifs is 1. The lowest BCUT2D eigenvalue weighted by molar-refractivity contribution is 0.601. The van der Waals surface area contributed by atoms with E-state index < -0.39 is 10.0 Å². The Morgan fingerprint density at radius 3 is 2.18 bits per heavy atom. The van der Waals surface area contributed by atoms with E-state index in [1.165, 1.54) is 12.1 Å². The normalized spacial score (nSPS) is 11.5. The first-order valence-corrected chi connectivity index (χ1v) is 9.10. The third kappa shape index (κ3) is 3.16. The Labute approximate surface area is 145 Å². The van der Waals surface area contributed by atoms with Crippen LogP contribution in [0.2, 0.25) is 5.15 Å². The lowest BCUT2D eigenvalue weighted by atomic mass is 10.3. The van der Waals surface area contributed by atoms with Crippen LogP contribution >= 0.6 is 34.2 Å². The molecule has 0 fully saturated rings. The molecule has 1 heterocycles. The molecule has 112 valence electrons. The molecule has 0 spiro atoms. The zero-order chi connectivity index (χ0) is 15.7. The Hall–Kier alpha value is -1.45. The maximum Gasteiger partial charge on any atom is 0.263 e. The van der Waals surface area contributed by atoms with Crippen LogP contribution in [-0.2, 0) is 10.0 Å². The third-order valence-corrected chi connectivity index (χ3v) is 5.22. The summed E-state index contributed by atoms with van der Waals surface area (Å²) in [4.78, 5) is 8.50. The fraction of sp³-hybridized carbons (Fsp3) is 0. The molecule has 2 aromatic carbocycles. The molecule has 0 bridgehead atoms. The van der Waals surface area contributed by atoms with E-state index in [0.29, 0.717) is 11.0 Å². The van der Waals surface area contributed by atoms with Gasteiger partial charge >= 0.3 is 0 Å². The Bertz CT molecular complexity index is 946. The summed E-state index contributed by atoms with van der Waals surface area (Å²) in [6.45, 7) is 0. The van der Waals surface area contributed by atoms with E-state index in [2.05, 4.69) is 37.3 Å². The number of sulfonamides is 1. The molecule has 0 unspecified atom stereocenters. The van der Waals surface area contributed by atoms with E-state index in [0.717, 1.165) is 3.57 Å². The Morgan fingerprint density at radius 1 is 0.955 bits per heavy atom. The predicted molar refractivity (Wildman–Crippen MR) is 94.5 cm³/mol. The predicted octanol–water partition coefficient (Wildman–Crippen LogP) is 3.69. The number of para-hydroxylation sites is 2. The van der Waals surface area contributed by atoms with E-state index in [4.69, 9.17) is 11.6 Å². The minimum Gasteiger partial charge on any atom is -0.261 e. The molecule has 8 heteroatoms. The molecule has 0 atom stereocenters. The van der Waals surface area contributed by atoms with Gasteiger partial charge in [0.05, 0.1) is 15.9 Å². The molecule has 0 saturated heterocycles. The number of nitrogens with one attached hydrogen (secondary N) is 1. The molecule has 0 aliphatic carbocycles. The highest BCUT2D eigenvalue weighted by Crippen LogP contribution is 2.24. The first kappa shape index (κ1) is 15.4. The van der Waals surface area contributed by atoms with Gasteiger partial charge < -0.3 is 0 Å². The van der Waals surface area contributed by atoms with Crippen LogP contribution in [0, 0.1) is 3.57 Å². The molecule has 0 radical (unpaired) electrons. The van der Waals surface area contributed by atoms with Crippen molar-refractivity contribution in [1.29, 1.82) is 0 Å². The highest BCUT2D eigenvalue weighted by atomic mass is 127. The molecule has 0 aliphatic rings. The molecule has 0 aliphatic heterocycles. The van der Waals surface area contributed by atoms with E-state index in [9.17, 15) is 8.42 Å². The van der Waals surface area contributed by atoms with E-state index >= 15 is 0 Å². The highest BCUT2D eigenvalue weighted by molar-refractivity contribution is 14.1. The van der Waals surface area contributed by atoms with E-state index in [-0.39, 0.29) is 15.9 Å². The lowest BCUT2D eigenvalue weighted by Gasteiger charge is -2.09. The quantitative estimate of drug-likeness (QED) is 0.624. The monoisotopic (exact) mass is 445 g/mol. The number of aromatic nitrogens is 2. The summed E-state index contributed by atoms with van der Waals surface area (Å²) in [5.74, 6) is 0.0129. The van der Waals surface area contributed by atoms with Crippen LogP contribution in [0.1, 0.15) is 0 Å². The van der Waals surface area contributed by atoms with Crippen molar-refractivity contribution in [2.45, 2.75) is 4.90 Å². The molecule has 3 aromatic rings. The molecule has 1 aromatic heterocycles. The van der Waals surface area contributed by atoms with Gasteiger partial charge in [-0.05, 0) is 59.0 Å². The Kier molecular flexibility index (Phi) is 4.20. The van der Waals surface area contributed by atoms with Crippen LogP contribution in [0.5, 0.6) is 0 Å². The first-order chi connectivity index (χ1) is 10.5. The van der Waals surface area contributed by atoms with Crippen molar-refractivity contribution in [2.75, 3.05) is 4.72 Å². The SMILES string of the molecule is O=S(=O)(Nc1nc2ccccc2nc1Cl)c1ccc(I)cc1. The summed E-state index contributed by atoms with van der Waals surface area (Å²) in [5.41, 5.74) is 1.16. The largest absolute Gasteiger partial charge is 0.263 e. The van der Waals surface area contributed by atoms with Crippen molar-refractivity contribution >= 4 is 61.1 Å². The fourth-order valence-corrected chi connectivity index (χ4v) is 3.45. The smallest absolute Gasteiger partial charge is 0.261 e. The second kappa shape index (κ2) is 5.98. The minimum atomic E-state index is -3.76. The zero-order valence-corrected chi connectivity index (χ0v) is 14.7. The van der Waals surface area contributed by atoms with Gasteiger partial charge in [-0.1, -0.05) is 23.7 Å². The molecular formula is C14H9ClIN3O2S. The molecule has 3 rings (SSSR count). The Morgan fingerprint density at radius 2 is 1.55 bits per heavy atom. The van der Waals surface area contributed by atoms with Crippen molar-refractivity contribution in [2.24, 2.45) is 0 Å². The number of nitrogens with zero attached hydrogens (tertiary/aromatic N) is 2. The van der Waals surface area contributed by atoms with Crippen molar-refractivity contribution < 1.29 is 8.42 Å². The van der Waals surface area contributed by atoms with Crippen LogP contribution in [0.4, 0.5) is 5.82 Å². The molecule has 0 saturated carbocycles. The molecule has 22 heavy (non-hydrogen) atoms. The van der Waals surface area contributed by atoms with Gasteiger partial charge in [-0.25, -0.2) is 18.4 Å². The van der Waals surface area contributed by atoms with Gasteiger partial charge in [0.15, 0.2) is 11.0 Å². The van der Waals surface area contributed by atoms with Gasteiger partial charge in [-0.2, -0.15) is 0 Å². The van der Waals surface area contributed by atoms with Crippen LogP contribution in [-0.4, -0.2) is 18.4 Å². The highest BCUT2D eigenvalue weighted by Gasteiger charge is 2.17. The lowest BCUT2D eigenvalue weighted by Crippen LogP contribution is -2.14. The van der Waals surface area contributed by atoms with Gasteiger partial charge in [0.1, 0.15) is 0 Å². The Balaban J connectivity index is 2.01. The van der Waals surface area contributed by atoms with E-state index in [1.807, 2.05) is 6.07 Å².